The topological polar surface area (TPSA) is 65.2 Å². The number of hydrogen-bond donors (Lipinski definition) is 2. The van der Waals surface area contributed by atoms with Crippen LogP contribution in [-0.4, -0.2) is 6.04 Å². The van der Waals surface area contributed by atoms with Gasteiger partial charge in [-0.1, -0.05) is 0 Å². The molecule has 0 saturated carbocycles. The van der Waals surface area contributed by atoms with E-state index in [1.807, 2.05) is 26.0 Å². The lowest BCUT2D eigenvalue weighted by Gasteiger charge is -2.10. The summed E-state index contributed by atoms with van der Waals surface area (Å²) in [6, 6.07) is 3.86. The molecular weight excluding hydrogens is 152 g/mol. The van der Waals surface area contributed by atoms with Crippen LogP contribution in [0.3, 0.4) is 0 Å². The Morgan fingerprint density at radius 1 is 1.42 bits per heavy atom. The Morgan fingerprint density at radius 3 is 2.50 bits per heavy atom. The summed E-state index contributed by atoms with van der Waals surface area (Å²) < 4.78 is 5.37. The number of aryl methyl sites for hydroxylation is 1. The van der Waals surface area contributed by atoms with Crippen molar-refractivity contribution in [2.75, 3.05) is 0 Å². The molecule has 12 heavy (non-hydrogen) atoms. The molecule has 0 bridgehead atoms. The molecule has 3 nitrogen and oxygen atoms in total. The predicted octanol–water partition coefficient (Wildman–Crippen LogP) is 1.33. The molecular formula is C9H16N2O. The molecule has 0 spiro atoms. The molecule has 4 N–H and O–H groups in total. The van der Waals surface area contributed by atoms with Crippen molar-refractivity contribution in [3.8, 4) is 0 Å². The highest BCUT2D eigenvalue weighted by molar-refractivity contribution is 5.09. The fraction of sp³-hybridized carbons (Fsp3) is 0.556. The maximum Gasteiger partial charge on any atom is 0.120 e. The molecule has 0 fully saturated rings. The highest BCUT2D eigenvalue weighted by Crippen LogP contribution is 2.17. The summed E-state index contributed by atoms with van der Waals surface area (Å²) in [6.45, 7) is 3.84. The first-order valence-electron chi connectivity index (χ1n) is 4.17. The average molecular weight is 168 g/mol. The van der Waals surface area contributed by atoms with Crippen LogP contribution in [0.1, 0.15) is 30.9 Å². The molecule has 0 aliphatic rings. The summed E-state index contributed by atoms with van der Waals surface area (Å²) in [5.41, 5.74) is 11.5. The summed E-state index contributed by atoms with van der Waals surface area (Å²) in [7, 11) is 0. The molecule has 0 aliphatic carbocycles. The van der Waals surface area contributed by atoms with E-state index in [1.165, 1.54) is 0 Å². The van der Waals surface area contributed by atoms with Gasteiger partial charge in [-0.2, -0.15) is 0 Å². The molecule has 1 aromatic heterocycles. The Hall–Kier alpha value is -0.800. The second-order valence-corrected chi connectivity index (χ2v) is 3.27. The molecule has 0 aromatic carbocycles. The van der Waals surface area contributed by atoms with E-state index in [1.54, 1.807) is 0 Å². The van der Waals surface area contributed by atoms with Crippen LogP contribution in [-0.2, 0) is 0 Å². The van der Waals surface area contributed by atoms with Crippen LogP contribution in [0.2, 0.25) is 0 Å². The van der Waals surface area contributed by atoms with Crippen LogP contribution in [0.5, 0.6) is 0 Å². The van der Waals surface area contributed by atoms with Gasteiger partial charge in [0, 0.05) is 6.04 Å². The van der Waals surface area contributed by atoms with Crippen LogP contribution < -0.4 is 11.5 Å². The van der Waals surface area contributed by atoms with E-state index in [0.717, 1.165) is 17.9 Å². The summed E-state index contributed by atoms with van der Waals surface area (Å²) in [5.74, 6) is 1.72. The highest BCUT2D eigenvalue weighted by atomic mass is 16.3. The first-order chi connectivity index (χ1) is 5.59. The summed E-state index contributed by atoms with van der Waals surface area (Å²) in [5, 5.41) is 0. The van der Waals surface area contributed by atoms with E-state index >= 15 is 0 Å². The van der Waals surface area contributed by atoms with E-state index in [2.05, 4.69) is 0 Å². The van der Waals surface area contributed by atoms with Crippen LogP contribution in [0.25, 0.3) is 0 Å². The van der Waals surface area contributed by atoms with E-state index in [9.17, 15) is 0 Å². The Balaban J connectivity index is 2.58. The van der Waals surface area contributed by atoms with Crippen molar-refractivity contribution in [2.45, 2.75) is 32.4 Å². The molecule has 0 saturated heterocycles. The second-order valence-electron chi connectivity index (χ2n) is 3.27. The molecule has 2 unspecified atom stereocenters. The molecule has 2 atom stereocenters. The van der Waals surface area contributed by atoms with Gasteiger partial charge in [0.25, 0.3) is 0 Å². The fourth-order valence-electron chi connectivity index (χ4n) is 1.17. The molecule has 0 radical (unpaired) electrons. The Kier molecular flexibility index (Phi) is 2.89. The minimum atomic E-state index is -0.0706. The van der Waals surface area contributed by atoms with Gasteiger partial charge in [-0.3, -0.25) is 0 Å². The molecule has 0 amide bonds. The second kappa shape index (κ2) is 3.74. The van der Waals surface area contributed by atoms with Gasteiger partial charge in [0.2, 0.25) is 0 Å². The molecule has 0 aliphatic heterocycles. The van der Waals surface area contributed by atoms with Gasteiger partial charge in [-0.25, -0.2) is 0 Å². The predicted molar refractivity (Wildman–Crippen MR) is 48.6 cm³/mol. The maximum atomic E-state index is 5.84. The third-order valence-electron chi connectivity index (χ3n) is 1.75. The van der Waals surface area contributed by atoms with Crippen molar-refractivity contribution in [3.05, 3.63) is 23.7 Å². The largest absolute Gasteiger partial charge is 0.465 e. The van der Waals surface area contributed by atoms with Gasteiger partial charge in [-0.05, 0) is 32.4 Å². The van der Waals surface area contributed by atoms with Gasteiger partial charge >= 0.3 is 0 Å². The highest BCUT2D eigenvalue weighted by Gasteiger charge is 2.11. The first-order valence-corrected chi connectivity index (χ1v) is 4.17. The zero-order valence-corrected chi connectivity index (χ0v) is 7.58. The Morgan fingerprint density at radius 2 is 2.08 bits per heavy atom. The lowest BCUT2D eigenvalue weighted by molar-refractivity contribution is 0.421. The molecule has 1 aromatic rings. The first kappa shape index (κ1) is 9.29. The monoisotopic (exact) mass is 168 g/mol. The maximum absolute atomic E-state index is 5.84. The van der Waals surface area contributed by atoms with Crippen molar-refractivity contribution >= 4 is 0 Å². The molecule has 1 heterocycles. The minimum absolute atomic E-state index is 0.0706. The fourth-order valence-corrected chi connectivity index (χ4v) is 1.17. The smallest absolute Gasteiger partial charge is 0.120 e. The third-order valence-corrected chi connectivity index (χ3v) is 1.75. The zero-order valence-electron chi connectivity index (χ0n) is 7.58. The Bertz CT molecular complexity index is 242. The van der Waals surface area contributed by atoms with Crippen LogP contribution in [0.4, 0.5) is 0 Å². The Labute approximate surface area is 72.7 Å². The van der Waals surface area contributed by atoms with Gasteiger partial charge < -0.3 is 15.9 Å². The van der Waals surface area contributed by atoms with Crippen molar-refractivity contribution in [1.82, 2.24) is 0 Å². The van der Waals surface area contributed by atoms with Crippen LogP contribution >= 0.6 is 0 Å². The van der Waals surface area contributed by atoms with E-state index in [-0.39, 0.29) is 12.1 Å². The van der Waals surface area contributed by atoms with Crippen molar-refractivity contribution in [2.24, 2.45) is 11.5 Å². The number of rotatable bonds is 3. The van der Waals surface area contributed by atoms with E-state index in [4.69, 9.17) is 15.9 Å². The number of nitrogens with two attached hydrogens (primary N) is 2. The standard InChI is InChI=1S/C9H16N2O/c1-6(10)5-8(11)9-4-3-7(2)12-9/h3-4,6,8H,5,10-11H2,1-2H3. The normalized spacial score (nSPS) is 16.0. The zero-order chi connectivity index (χ0) is 9.14. The van der Waals surface area contributed by atoms with Crippen LogP contribution in [0.15, 0.2) is 16.5 Å². The van der Waals surface area contributed by atoms with Crippen molar-refractivity contribution in [1.29, 1.82) is 0 Å². The number of furan rings is 1. The molecule has 68 valence electrons. The van der Waals surface area contributed by atoms with E-state index in [0.29, 0.717) is 0 Å². The minimum Gasteiger partial charge on any atom is -0.465 e. The van der Waals surface area contributed by atoms with Gasteiger partial charge in [-0.15, -0.1) is 0 Å². The van der Waals surface area contributed by atoms with Crippen LogP contribution in [0, 0.1) is 6.92 Å². The lowest BCUT2D eigenvalue weighted by atomic mass is 10.1. The summed E-state index contributed by atoms with van der Waals surface area (Å²) in [6.07, 6.45) is 0.757. The third kappa shape index (κ3) is 2.36. The SMILES string of the molecule is Cc1ccc(C(N)CC(C)N)o1. The van der Waals surface area contributed by atoms with Crippen molar-refractivity contribution < 1.29 is 4.42 Å². The van der Waals surface area contributed by atoms with Gasteiger partial charge in [0.15, 0.2) is 0 Å². The van der Waals surface area contributed by atoms with E-state index < -0.39 is 0 Å². The molecule has 1 rings (SSSR count). The average Bonchev–Trinajstić information content (AvgIpc) is 2.34. The lowest BCUT2D eigenvalue weighted by Crippen LogP contribution is -2.22. The number of hydrogen-bond acceptors (Lipinski definition) is 3. The quantitative estimate of drug-likeness (QED) is 0.715. The molecule has 3 heteroatoms. The van der Waals surface area contributed by atoms with Crippen molar-refractivity contribution in [3.63, 3.8) is 0 Å². The van der Waals surface area contributed by atoms with Gasteiger partial charge in [0.1, 0.15) is 11.5 Å². The summed E-state index contributed by atoms with van der Waals surface area (Å²) >= 11 is 0. The van der Waals surface area contributed by atoms with Gasteiger partial charge in [0.05, 0.1) is 6.04 Å². The summed E-state index contributed by atoms with van der Waals surface area (Å²) in [4.78, 5) is 0.